The van der Waals surface area contributed by atoms with E-state index < -0.39 is 12.2 Å². The molecule has 0 heterocycles. The summed E-state index contributed by atoms with van der Waals surface area (Å²) in [5, 5.41) is 0. The average Bonchev–Trinajstić information content (AvgIpc) is 1.79. The van der Waals surface area contributed by atoms with E-state index in [-0.39, 0.29) is 0 Å². The van der Waals surface area contributed by atoms with Crippen molar-refractivity contribution < 1.29 is 17.9 Å². The van der Waals surface area contributed by atoms with E-state index in [0.717, 1.165) is 12.3 Å². The summed E-state index contributed by atoms with van der Waals surface area (Å²) in [7, 11) is 1.40. The van der Waals surface area contributed by atoms with Crippen molar-refractivity contribution in [1.82, 2.24) is 0 Å². The zero-order chi connectivity index (χ0) is 8.91. The molecule has 11 heavy (non-hydrogen) atoms. The Balaban J connectivity index is 3.96. The number of ether oxygens (including phenoxy) is 1. The summed E-state index contributed by atoms with van der Waals surface area (Å²) < 4.78 is 37.3. The molecule has 0 aliphatic rings. The van der Waals surface area contributed by atoms with Gasteiger partial charge < -0.3 is 10.5 Å². The summed E-state index contributed by atoms with van der Waals surface area (Å²) in [6.45, 7) is 0. The lowest BCUT2D eigenvalue weighted by molar-refractivity contribution is -0.305. The van der Waals surface area contributed by atoms with Crippen LogP contribution in [0.15, 0.2) is 17.0 Å². The fourth-order valence-electron chi connectivity index (χ4n) is 0.316. The van der Waals surface area contributed by atoms with Gasteiger partial charge in [-0.1, -0.05) is 0 Å². The Morgan fingerprint density at radius 2 is 2.09 bits per heavy atom. The molecule has 0 fully saturated rings. The van der Waals surface area contributed by atoms with E-state index >= 15 is 0 Å². The number of halogens is 3. The number of allylic oxidation sites excluding steroid dienone is 1. The van der Waals surface area contributed by atoms with Crippen molar-refractivity contribution in [2.24, 2.45) is 10.7 Å². The van der Waals surface area contributed by atoms with E-state index in [1.807, 2.05) is 0 Å². The Kier molecular flexibility index (Phi) is 3.43. The van der Waals surface area contributed by atoms with Gasteiger partial charge in [-0.25, -0.2) is 0 Å². The number of hydrogen-bond acceptors (Lipinski definition) is 3. The van der Waals surface area contributed by atoms with Gasteiger partial charge in [-0.2, -0.15) is 0 Å². The number of nitrogens with zero attached hydrogens (tertiary/aromatic N) is 1. The molecule has 0 atom stereocenters. The van der Waals surface area contributed by atoms with Crippen LogP contribution in [0.3, 0.4) is 0 Å². The molecule has 3 nitrogen and oxygen atoms in total. The smallest absolute Gasteiger partial charge is 0.390 e. The largest absolute Gasteiger partial charge is 0.574 e. The second-order valence-electron chi connectivity index (χ2n) is 1.52. The van der Waals surface area contributed by atoms with Gasteiger partial charge in [0.05, 0.1) is 0 Å². The van der Waals surface area contributed by atoms with E-state index in [1.165, 1.54) is 7.05 Å². The van der Waals surface area contributed by atoms with Crippen molar-refractivity contribution in [3.05, 3.63) is 12.0 Å². The molecule has 0 aliphatic carbocycles. The van der Waals surface area contributed by atoms with Gasteiger partial charge in [0.15, 0.2) is 5.88 Å². The van der Waals surface area contributed by atoms with Gasteiger partial charge in [-0.15, -0.1) is 13.2 Å². The number of rotatable bonds is 2. The highest BCUT2D eigenvalue weighted by atomic mass is 19.4. The standard InChI is InChI=1S/C5H7F3N2O/c1-10-3-2-4(9)11-5(6,7)8/h2-3H,9H2,1H3. The molecule has 0 saturated heterocycles. The molecule has 0 saturated carbocycles. The summed E-state index contributed by atoms with van der Waals surface area (Å²) in [5.41, 5.74) is 4.77. The van der Waals surface area contributed by atoms with Crippen LogP contribution < -0.4 is 5.73 Å². The molecule has 0 amide bonds. The molecule has 0 aliphatic heterocycles. The highest BCUT2D eigenvalue weighted by molar-refractivity contribution is 5.71. The Bertz CT molecular complexity index is 173. The minimum absolute atomic E-state index is 0.733. The Labute approximate surface area is 61.4 Å². The first-order valence-corrected chi connectivity index (χ1v) is 2.59. The zero-order valence-corrected chi connectivity index (χ0v) is 5.72. The first-order chi connectivity index (χ1) is 4.95. The molecule has 0 bridgehead atoms. The van der Waals surface area contributed by atoms with Crippen molar-refractivity contribution in [1.29, 1.82) is 0 Å². The van der Waals surface area contributed by atoms with Crippen molar-refractivity contribution in [3.63, 3.8) is 0 Å². The summed E-state index contributed by atoms with van der Waals surface area (Å²) in [6, 6.07) is 0. The molecule has 64 valence electrons. The predicted molar refractivity (Wildman–Crippen MR) is 33.8 cm³/mol. The van der Waals surface area contributed by atoms with Crippen molar-refractivity contribution in [2.75, 3.05) is 7.05 Å². The SMILES string of the molecule is CN=CC=C(N)OC(F)(F)F. The Morgan fingerprint density at radius 1 is 1.55 bits per heavy atom. The van der Waals surface area contributed by atoms with Crippen LogP contribution in [0.2, 0.25) is 0 Å². The lowest BCUT2D eigenvalue weighted by atomic mass is 10.6. The number of aliphatic imine (C=N–C) groups is 1. The van der Waals surface area contributed by atoms with Crippen molar-refractivity contribution in [3.8, 4) is 0 Å². The minimum atomic E-state index is -4.73. The summed E-state index contributed by atoms with van der Waals surface area (Å²) in [5.74, 6) is -0.733. The van der Waals surface area contributed by atoms with Crippen LogP contribution in [-0.2, 0) is 4.74 Å². The summed E-state index contributed by atoms with van der Waals surface area (Å²) in [6.07, 6.45) is -2.73. The molecule has 0 spiro atoms. The van der Waals surface area contributed by atoms with Crippen LogP contribution in [0.25, 0.3) is 0 Å². The molecule has 6 heteroatoms. The van der Waals surface area contributed by atoms with E-state index in [2.05, 4.69) is 9.73 Å². The maximum atomic E-state index is 11.3. The van der Waals surface area contributed by atoms with Crippen LogP contribution in [0.1, 0.15) is 0 Å². The lowest BCUT2D eigenvalue weighted by Gasteiger charge is -2.06. The quantitative estimate of drug-likeness (QED) is 0.494. The number of alkyl halides is 3. The average molecular weight is 168 g/mol. The van der Waals surface area contributed by atoms with Gasteiger partial charge in [-0.05, 0) is 0 Å². The molecule has 0 unspecified atom stereocenters. The molecule has 0 aromatic carbocycles. The lowest BCUT2D eigenvalue weighted by Crippen LogP contribution is -2.17. The fraction of sp³-hybridized carbons (Fsp3) is 0.400. The van der Waals surface area contributed by atoms with Crippen LogP contribution >= 0.6 is 0 Å². The van der Waals surface area contributed by atoms with Gasteiger partial charge >= 0.3 is 6.36 Å². The van der Waals surface area contributed by atoms with E-state index in [1.54, 1.807) is 0 Å². The maximum absolute atomic E-state index is 11.3. The Hall–Kier alpha value is -1.20. The van der Waals surface area contributed by atoms with E-state index in [9.17, 15) is 13.2 Å². The third-order valence-electron chi connectivity index (χ3n) is 0.621. The first-order valence-electron chi connectivity index (χ1n) is 2.59. The van der Waals surface area contributed by atoms with Crippen molar-refractivity contribution in [2.45, 2.75) is 6.36 Å². The van der Waals surface area contributed by atoms with Crippen LogP contribution in [-0.4, -0.2) is 19.6 Å². The molecule has 0 rings (SSSR count). The second kappa shape index (κ2) is 3.85. The normalized spacial score (nSPS) is 14.0. The third-order valence-corrected chi connectivity index (χ3v) is 0.621. The van der Waals surface area contributed by atoms with E-state index in [0.29, 0.717) is 0 Å². The first kappa shape index (κ1) is 9.80. The highest BCUT2D eigenvalue weighted by Gasteiger charge is 2.31. The monoisotopic (exact) mass is 168 g/mol. The van der Waals surface area contributed by atoms with Crippen LogP contribution in [0.4, 0.5) is 13.2 Å². The van der Waals surface area contributed by atoms with E-state index in [4.69, 9.17) is 5.73 Å². The van der Waals surface area contributed by atoms with Gasteiger partial charge in [0.2, 0.25) is 0 Å². The molecule has 2 N–H and O–H groups in total. The number of nitrogens with two attached hydrogens (primary N) is 1. The topological polar surface area (TPSA) is 47.6 Å². The second-order valence-corrected chi connectivity index (χ2v) is 1.52. The molecular formula is C5H7F3N2O. The molecule has 0 aromatic heterocycles. The van der Waals surface area contributed by atoms with Gasteiger partial charge in [0.25, 0.3) is 0 Å². The van der Waals surface area contributed by atoms with Gasteiger partial charge in [0.1, 0.15) is 0 Å². The Morgan fingerprint density at radius 3 is 2.45 bits per heavy atom. The third kappa shape index (κ3) is 6.69. The van der Waals surface area contributed by atoms with Gasteiger partial charge in [0, 0.05) is 19.3 Å². The highest BCUT2D eigenvalue weighted by Crippen LogP contribution is 2.17. The number of hydrogen-bond donors (Lipinski definition) is 1. The molecular weight excluding hydrogens is 161 g/mol. The maximum Gasteiger partial charge on any atom is 0.574 e. The zero-order valence-electron chi connectivity index (χ0n) is 5.72. The minimum Gasteiger partial charge on any atom is -0.390 e. The molecule has 0 radical (unpaired) electrons. The fourth-order valence-corrected chi connectivity index (χ4v) is 0.316. The predicted octanol–water partition coefficient (Wildman–Crippen LogP) is 1.02. The van der Waals surface area contributed by atoms with Gasteiger partial charge in [-0.3, -0.25) is 4.99 Å². The summed E-state index contributed by atoms with van der Waals surface area (Å²) >= 11 is 0. The molecule has 0 aromatic rings. The van der Waals surface area contributed by atoms with Crippen molar-refractivity contribution >= 4 is 6.21 Å². The summed E-state index contributed by atoms with van der Waals surface area (Å²) in [4.78, 5) is 3.38. The van der Waals surface area contributed by atoms with Crippen LogP contribution in [0.5, 0.6) is 0 Å². The van der Waals surface area contributed by atoms with Crippen LogP contribution in [0, 0.1) is 0 Å².